The van der Waals surface area contributed by atoms with E-state index in [1.807, 2.05) is 6.92 Å². The highest BCUT2D eigenvalue weighted by atomic mass is 16.5. The fourth-order valence-electron chi connectivity index (χ4n) is 2.26. The van der Waals surface area contributed by atoms with E-state index in [1.165, 1.54) is 6.42 Å². The lowest BCUT2D eigenvalue weighted by Crippen LogP contribution is -2.46. The molecule has 0 bridgehead atoms. The maximum atomic E-state index is 11.7. The van der Waals surface area contributed by atoms with Gasteiger partial charge in [-0.05, 0) is 12.3 Å². The Morgan fingerprint density at radius 2 is 2.00 bits per heavy atom. The number of hydrogen-bond donors (Lipinski definition) is 2. The molecule has 0 radical (unpaired) electrons. The van der Waals surface area contributed by atoms with Crippen molar-refractivity contribution in [2.75, 3.05) is 20.2 Å². The minimum Gasteiger partial charge on any atom is -0.464 e. The predicted molar refractivity (Wildman–Crippen MR) is 85.7 cm³/mol. The lowest BCUT2D eigenvalue weighted by atomic mass is 10.0. The highest BCUT2D eigenvalue weighted by molar-refractivity contribution is 5.71. The highest BCUT2D eigenvalue weighted by Gasteiger charge is 2.24. The number of aliphatic hydroxyl groups is 1. The van der Waals surface area contributed by atoms with E-state index in [9.17, 15) is 9.90 Å². The van der Waals surface area contributed by atoms with Crippen molar-refractivity contribution in [1.29, 1.82) is 0 Å². The van der Waals surface area contributed by atoms with Crippen molar-refractivity contribution in [3.63, 3.8) is 0 Å². The lowest BCUT2D eigenvalue weighted by Gasteiger charge is -2.19. The van der Waals surface area contributed by atoms with Crippen molar-refractivity contribution < 1.29 is 19.2 Å². The average molecular weight is 301 g/mol. The topological polar surface area (TPSA) is 61.6 Å². The van der Waals surface area contributed by atoms with Crippen molar-refractivity contribution in [1.82, 2.24) is 5.32 Å². The number of nitrogens with zero attached hydrogens (tertiary/aromatic N) is 1. The minimum atomic E-state index is -0.785. The summed E-state index contributed by atoms with van der Waals surface area (Å²) in [6.45, 7) is 10.5. The molecule has 21 heavy (non-hydrogen) atoms. The fraction of sp³-hybridized carbons (Fsp3) is 0.875. The second kappa shape index (κ2) is 11.7. The van der Waals surface area contributed by atoms with Crippen molar-refractivity contribution in [3.8, 4) is 0 Å². The van der Waals surface area contributed by atoms with Gasteiger partial charge in [-0.3, -0.25) is 10.1 Å². The molecule has 5 heteroatoms. The molecule has 3 unspecified atom stereocenters. The minimum absolute atomic E-state index is 0.0235. The summed E-state index contributed by atoms with van der Waals surface area (Å²) in [5, 5.41) is 12.8. The van der Waals surface area contributed by atoms with Crippen LogP contribution in [0, 0.1) is 5.92 Å². The molecule has 5 nitrogen and oxygen atoms in total. The van der Waals surface area contributed by atoms with Crippen molar-refractivity contribution in [3.05, 3.63) is 0 Å². The van der Waals surface area contributed by atoms with Gasteiger partial charge in [-0.2, -0.15) is 0 Å². The largest absolute Gasteiger partial charge is 0.464 e. The van der Waals surface area contributed by atoms with Crippen LogP contribution >= 0.6 is 0 Å². The van der Waals surface area contributed by atoms with Crippen LogP contribution in [0.2, 0.25) is 0 Å². The molecule has 0 spiro atoms. The molecule has 0 aromatic heterocycles. The fourth-order valence-corrected chi connectivity index (χ4v) is 2.26. The van der Waals surface area contributed by atoms with Crippen LogP contribution in [0.15, 0.2) is 0 Å². The standard InChI is InChI=1S/C16H33N2O3/c1-6-9-10-13(7-2)12-21-15(19)11-17-16(20)14(8-3)18(4)5/h13-14,16-17,20H,4,6-12H2,1-3,5H3/q+1. The highest BCUT2D eigenvalue weighted by Crippen LogP contribution is 2.12. The van der Waals surface area contributed by atoms with Crippen molar-refractivity contribution in [2.45, 2.75) is 65.1 Å². The molecule has 0 aliphatic rings. The van der Waals surface area contributed by atoms with E-state index in [2.05, 4.69) is 25.9 Å². The summed E-state index contributed by atoms with van der Waals surface area (Å²) < 4.78 is 6.97. The normalized spacial score (nSPS) is 15.3. The van der Waals surface area contributed by atoms with Gasteiger partial charge in [0.2, 0.25) is 0 Å². The second-order valence-corrected chi connectivity index (χ2v) is 5.66. The molecular weight excluding hydrogens is 268 g/mol. The third kappa shape index (κ3) is 8.83. The van der Waals surface area contributed by atoms with E-state index in [0.29, 0.717) is 12.5 Å². The van der Waals surface area contributed by atoms with E-state index in [0.717, 1.165) is 25.7 Å². The van der Waals surface area contributed by atoms with Crippen LogP contribution in [-0.4, -0.2) is 54.8 Å². The summed E-state index contributed by atoms with van der Waals surface area (Å²) in [5.74, 6) is 0.124. The first-order chi connectivity index (χ1) is 9.96. The monoisotopic (exact) mass is 301 g/mol. The van der Waals surface area contributed by atoms with Gasteiger partial charge in [-0.15, -0.1) is 0 Å². The van der Waals surface area contributed by atoms with Gasteiger partial charge in [-0.25, -0.2) is 4.58 Å². The Bertz CT molecular complexity index is 308. The Morgan fingerprint density at radius 1 is 1.33 bits per heavy atom. The zero-order chi connectivity index (χ0) is 16.3. The number of unbranched alkanes of at least 4 members (excludes halogenated alkanes) is 1. The van der Waals surface area contributed by atoms with Gasteiger partial charge in [0, 0.05) is 6.42 Å². The van der Waals surface area contributed by atoms with E-state index in [-0.39, 0.29) is 18.6 Å². The molecule has 0 aliphatic heterocycles. The van der Waals surface area contributed by atoms with E-state index in [4.69, 9.17) is 4.74 Å². The predicted octanol–water partition coefficient (Wildman–Crippen LogP) is 1.78. The Balaban J connectivity index is 4.01. The first-order valence-electron chi connectivity index (χ1n) is 8.06. The molecule has 3 atom stereocenters. The maximum Gasteiger partial charge on any atom is 0.320 e. The molecular formula is C16H33N2O3+. The number of likely N-dealkylation sites (N-methyl/N-ethyl adjacent to an activating group) is 1. The van der Waals surface area contributed by atoms with Crippen LogP contribution in [0.4, 0.5) is 0 Å². The lowest BCUT2D eigenvalue weighted by molar-refractivity contribution is -0.543. The first-order valence-corrected chi connectivity index (χ1v) is 8.06. The SMILES string of the molecule is C=[N+](C)C(CC)C(O)NCC(=O)OCC(CC)CCCC. The van der Waals surface area contributed by atoms with E-state index < -0.39 is 6.23 Å². The smallest absolute Gasteiger partial charge is 0.320 e. The number of carbonyl (C=O) groups excluding carboxylic acids is 1. The van der Waals surface area contributed by atoms with Crippen molar-refractivity contribution in [2.24, 2.45) is 5.92 Å². The zero-order valence-electron chi connectivity index (χ0n) is 14.1. The van der Waals surface area contributed by atoms with Gasteiger partial charge >= 0.3 is 5.97 Å². The number of hydrogen-bond acceptors (Lipinski definition) is 4. The quantitative estimate of drug-likeness (QED) is 0.250. The van der Waals surface area contributed by atoms with Crippen LogP contribution in [0.3, 0.4) is 0 Å². The summed E-state index contributed by atoms with van der Waals surface area (Å²) in [4.78, 5) is 11.7. The summed E-state index contributed by atoms with van der Waals surface area (Å²) in [6.07, 6.45) is 4.41. The van der Waals surface area contributed by atoms with Gasteiger partial charge in [-0.1, -0.05) is 40.0 Å². The third-order valence-electron chi connectivity index (χ3n) is 3.83. The molecule has 0 aromatic rings. The Kier molecular flexibility index (Phi) is 11.2. The van der Waals surface area contributed by atoms with Crippen molar-refractivity contribution >= 4 is 12.7 Å². The molecule has 0 amide bonds. The molecule has 0 rings (SSSR count). The summed E-state index contributed by atoms with van der Waals surface area (Å²) in [6, 6.07) is -0.120. The van der Waals surface area contributed by atoms with Crippen LogP contribution in [0.25, 0.3) is 0 Å². The van der Waals surface area contributed by atoms with E-state index >= 15 is 0 Å². The van der Waals surface area contributed by atoms with Gasteiger partial charge in [0.05, 0.1) is 13.2 Å². The van der Waals surface area contributed by atoms with Crippen LogP contribution in [0.5, 0.6) is 0 Å². The number of aliphatic hydroxyl groups excluding tert-OH is 1. The molecule has 0 aliphatic carbocycles. The van der Waals surface area contributed by atoms with Gasteiger partial charge in [0.1, 0.15) is 13.8 Å². The molecule has 2 N–H and O–H groups in total. The Hall–Kier alpha value is -0.940. The number of esters is 1. The number of nitrogens with one attached hydrogen (secondary N) is 1. The molecule has 0 heterocycles. The van der Waals surface area contributed by atoms with E-state index in [1.54, 1.807) is 11.6 Å². The van der Waals surface area contributed by atoms with Gasteiger partial charge < -0.3 is 9.84 Å². The summed E-state index contributed by atoms with van der Waals surface area (Å²) >= 11 is 0. The zero-order valence-corrected chi connectivity index (χ0v) is 14.1. The number of rotatable bonds is 12. The molecule has 0 aromatic carbocycles. The molecule has 0 saturated heterocycles. The summed E-state index contributed by atoms with van der Waals surface area (Å²) in [7, 11) is 1.80. The van der Waals surface area contributed by atoms with Gasteiger partial charge in [0.15, 0.2) is 12.3 Å². The first kappa shape index (κ1) is 20.1. The molecule has 0 saturated carbocycles. The van der Waals surface area contributed by atoms with Gasteiger partial charge in [0.25, 0.3) is 0 Å². The average Bonchev–Trinajstić information content (AvgIpc) is 2.45. The van der Waals surface area contributed by atoms with Crippen LogP contribution in [0.1, 0.15) is 52.9 Å². The third-order valence-corrected chi connectivity index (χ3v) is 3.83. The molecule has 0 fully saturated rings. The van der Waals surface area contributed by atoms with Crippen LogP contribution < -0.4 is 5.32 Å². The number of carbonyl (C=O) groups is 1. The molecule has 124 valence electrons. The Morgan fingerprint density at radius 3 is 2.48 bits per heavy atom. The second-order valence-electron chi connectivity index (χ2n) is 5.66. The summed E-state index contributed by atoms with van der Waals surface area (Å²) in [5.41, 5.74) is 0. The number of ether oxygens (including phenoxy) is 1. The maximum absolute atomic E-state index is 11.7. The van der Waals surface area contributed by atoms with Crippen LogP contribution in [-0.2, 0) is 9.53 Å². The Labute approximate surface area is 129 Å².